The highest BCUT2D eigenvalue weighted by molar-refractivity contribution is 5.71. The lowest BCUT2D eigenvalue weighted by molar-refractivity contribution is -0.167. The molecule has 0 fully saturated rings. The quantitative estimate of drug-likeness (QED) is 0.0261. The van der Waals surface area contributed by atoms with Crippen LogP contribution < -0.4 is 0 Å². The van der Waals surface area contributed by atoms with E-state index in [0.29, 0.717) is 19.3 Å². The lowest BCUT2D eigenvalue weighted by Gasteiger charge is -2.18. The maximum atomic E-state index is 13.0. The van der Waals surface area contributed by atoms with E-state index in [-0.39, 0.29) is 31.1 Å². The fourth-order valence-corrected chi connectivity index (χ4v) is 10.1. The second kappa shape index (κ2) is 69.1. The summed E-state index contributed by atoms with van der Waals surface area (Å²) >= 11 is 0. The predicted octanol–water partition coefficient (Wildman–Crippen LogP) is 24.2. The topological polar surface area (TPSA) is 78.9 Å². The van der Waals surface area contributed by atoms with E-state index in [9.17, 15) is 14.4 Å². The standard InChI is InChI=1S/C75H132O6/c1-4-7-10-13-16-19-22-25-27-29-31-33-35-36-37-38-40-41-43-45-47-50-53-56-59-62-65-68-74(77)80-71-72(70-79-73(76)67-64-61-58-55-52-49-24-21-18-15-12-9-6-3)81-75(78)69-66-63-60-57-54-51-48-46-44-42-39-34-32-30-28-26-23-20-17-14-11-8-5-2/h7,10,16,19,21,23-27,30-33,72H,4-6,8-9,11-15,17-18,20,22,28-29,34-71H2,1-3H3/b10-7-,19-16-,24-21-,26-23-,27-25-,32-30-,33-31-. The first kappa shape index (κ1) is 77.6. The van der Waals surface area contributed by atoms with Crippen LogP contribution >= 0.6 is 0 Å². The lowest BCUT2D eigenvalue weighted by atomic mass is 10.0. The molecule has 1 unspecified atom stereocenters. The Hall–Kier alpha value is -3.41. The second-order valence-corrected chi connectivity index (χ2v) is 23.4. The summed E-state index contributed by atoms with van der Waals surface area (Å²) in [6.07, 6.45) is 91.8. The van der Waals surface area contributed by atoms with Crippen LogP contribution in [-0.4, -0.2) is 37.2 Å². The summed E-state index contributed by atoms with van der Waals surface area (Å²) in [6.45, 7) is 6.54. The Labute approximate surface area is 503 Å². The number of unbranched alkanes of at least 4 members (excludes halogenated alkanes) is 39. The third kappa shape index (κ3) is 67.3. The molecule has 0 saturated carbocycles. The number of carbonyl (C=O) groups is 3. The van der Waals surface area contributed by atoms with E-state index in [1.54, 1.807) is 0 Å². The zero-order valence-corrected chi connectivity index (χ0v) is 53.8. The molecule has 0 amide bonds. The van der Waals surface area contributed by atoms with Crippen LogP contribution in [0.3, 0.4) is 0 Å². The molecule has 0 aromatic rings. The van der Waals surface area contributed by atoms with Gasteiger partial charge in [0.2, 0.25) is 0 Å². The van der Waals surface area contributed by atoms with Crippen LogP contribution in [0.25, 0.3) is 0 Å². The molecule has 1 atom stereocenters. The van der Waals surface area contributed by atoms with Crippen molar-refractivity contribution >= 4 is 17.9 Å². The number of ether oxygens (including phenoxy) is 3. The van der Waals surface area contributed by atoms with E-state index in [1.165, 1.54) is 218 Å². The highest BCUT2D eigenvalue weighted by Gasteiger charge is 2.19. The Balaban J connectivity index is 4.27. The van der Waals surface area contributed by atoms with Crippen LogP contribution in [0.1, 0.15) is 355 Å². The van der Waals surface area contributed by atoms with Gasteiger partial charge in [-0.25, -0.2) is 0 Å². The SMILES string of the molecule is CC/C=C\C/C=C\C/C=C\C/C=C\CCCCCCCCCCCCCCCCC(=O)OCC(COC(=O)CCCCCCC/C=C\CCCCCC)OC(=O)CCCCCCCCCCCCC/C=C\C/C=C\CCCCCCC. The van der Waals surface area contributed by atoms with Gasteiger partial charge in [0.05, 0.1) is 0 Å². The molecule has 0 aromatic heterocycles. The predicted molar refractivity (Wildman–Crippen MR) is 353 cm³/mol. The van der Waals surface area contributed by atoms with Gasteiger partial charge in [0.1, 0.15) is 13.2 Å². The molecule has 0 aliphatic carbocycles. The minimum absolute atomic E-state index is 0.0774. The summed E-state index contributed by atoms with van der Waals surface area (Å²) in [6, 6.07) is 0. The Morgan fingerprint density at radius 3 is 0.778 bits per heavy atom. The molecule has 0 radical (unpaired) electrons. The maximum Gasteiger partial charge on any atom is 0.306 e. The van der Waals surface area contributed by atoms with Gasteiger partial charge < -0.3 is 14.2 Å². The Morgan fingerprint density at radius 1 is 0.259 bits per heavy atom. The van der Waals surface area contributed by atoms with Crippen molar-refractivity contribution in [1.82, 2.24) is 0 Å². The molecule has 0 spiro atoms. The first-order valence-corrected chi connectivity index (χ1v) is 35.1. The van der Waals surface area contributed by atoms with Gasteiger partial charge in [-0.1, -0.05) is 305 Å². The van der Waals surface area contributed by atoms with Crippen molar-refractivity contribution in [3.8, 4) is 0 Å². The van der Waals surface area contributed by atoms with Crippen molar-refractivity contribution < 1.29 is 28.6 Å². The van der Waals surface area contributed by atoms with Gasteiger partial charge in [0.25, 0.3) is 0 Å². The average Bonchev–Trinajstić information content (AvgIpc) is 3.46. The average molecular weight is 1130 g/mol. The van der Waals surface area contributed by atoms with Crippen LogP contribution in [0.5, 0.6) is 0 Å². The first-order chi connectivity index (χ1) is 40.0. The van der Waals surface area contributed by atoms with E-state index in [1.807, 2.05) is 0 Å². The summed E-state index contributed by atoms with van der Waals surface area (Å²) in [5, 5.41) is 0. The molecule has 0 aliphatic rings. The van der Waals surface area contributed by atoms with Crippen LogP contribution in [-0.2, 0) is 28.6 Å². The smallest absolute Gasteiger partial charge is 0.306 e. The van der Waals surface area contributed by atoms with Crippen molar-refractivity contribution in [2.24, 2.45) is 0 Å². The third-order valence-electron chi connectivity index (χ3n) is 15.4. The van der Waals surface area contributed by atoms with Crippen molar-refractivity contribution in [3.63, 3.8) is 0 Å². The van der Waals surface area contributed by atoms with Crippen molar-refractivity contribution in [2.45, 2.75) is 361 Å². The molecule has 6 nitrogen and oxygen atoms in total. The number of allylic oxidation sites excluding steroid dienone is 14. The van der Waals surface area contributed by atoms with Gasteiger partial charge in [0, 0.05) is 19.3 Å². The second-order valence-electron chi connectivity index (χ2n) is 23.4. The van der Waals surface area contributed by atoms with E-state index >= 15 is 0 Å². The number of carbonyl (C=O) groups excluding carboxylic acids is 3. The Kier molecular flexibility index (Phi) is 66.2. The van der Waals surface area contributed by atoms with Crippen LogP contribution in [0.2, 0.25) is 0 Å². The van der Waals surface area contributed by atoms with Crippen molar-refractivity contribution in [1.29, 1.82) is 0 Å². The first-order valence-electron chi connectivity index (χ1n) is 35.1. The summed E-state index contributed by atoms with van der Waals surface area (Å²) < 4.78 is 17.0. The minimum Gasteiger partial charge on any atom is -0.462 e. The van der Waals surface area contributed by atoms with E-state index in [4.69, 9.17) is 14.2 Å². The van der Waals surface area contributed by atoms with Gasteiger partial charge in [0.15, 0.2) is 6.10 Å². The highest BCUT2D eigenvalue weighted by Crippen LogP contribution is 2.17. The van der Waals surface area contributed by atoms with Gasteiger partial charge in [-0.3, -0.25) is 14.4 Å². The van der Waals surface area contributed by atoms with E-state index in [0.717, 1.165) is 96.3 Å². The zero-order valence-electron chi connectivity index (χ0n) is 53.8. The van der Waals surface area contributed by atoms with E-state index < -0.39 is 6.10 Å². The van der Waals surface area contributed by atoms with Gasteiger partial charge in [-0.2, -0.15) is 0 Å². The molecule has 0 heterocycles. The minimum atomic E-state index is -0.782. The van der Waals surface area contributed by atoms with Gasteiger partial charge in [-0.15, -0.1) is 0 Å². The van der Waals surface area contributed by atoms with Crippen LogP contribution in [0.4, 0.5) is 0 Å². The maximum absolute atomic E-state index is 13.0. The molecule has 0 saturated heterocycles. The van der Waals surface area contributed by atoms with Gasteiger partial charge >= 0.3 is 17.9 Å². The van der Waals surface area contributed by atoms with Crippen LogP contribution in [0, 0.1) is 0 Å². The van der Waals surface area contributed by atoms with Crippen molar-refractivity contribution in [3.05, 3.63) is 85.1 Å². The summed E-state index contributed by atoms with van der Waals surface area (Å²) in [5.74, 6) is -0.871. The lowest BCUT2D eigenvalue weighted by Crippen LogP contribution is -2.30. The summed E-state index contributed by atoms with van der Waals surface area (Å²) in [4.78, 5) is 38.4. The molecule has 0 aliphatic heterocycles. The highest BCUT2D eigenvalue weighted by atomic mass is 16.6. The van der Waals surface area contributed by atoms with Gasteiger partial charge in [-0.05, 0) is 116 Å². The Bertz CT molecular complexity index is 1530. The number of hydrogen-bond donors (Lipinski definition) is 0. The molecule has 468 valence electrons. The molecular formula is C75H132O6. The fourth-order valence-electron chi connectivity index (χ4n) is 10.1. The molecule has 6 heteroatoms. The third-order valence-corrected chi connectivity index (χ3v) is 15.4. The van der Waals surface area contributed by atoms with Crippen molar-refractivity contribution in [2.75, 3.05) is 13.2 Å². The van der Waals surface area contributed by atoms with Crippen LogP contribution in [0.15, 0.2) is 85.1 Å². The Morgan fingerprint density at radius 2 is 0.481 bits per heavy atom. The molecule has 0 bridgehead atoms. The summed E-state index contributed by atoms with van der Waals surface area (Å²) in [7, 11) is 0. The molecule has 0 N–H and O–H groups in total. The molecule has 0 rings (SSSR count). The fraction of sp³-hybridized carbons (Fsp3) is 0.773. The summed E-state index contributed by atoms with van der Waals surface area (Å²) in [5.41, 5.74) is 0. The number of rotatable bonds is 64. The largest absolute Gasteiger partial charge is 0.462 e. The van der Waals surface area contributed by atoms with E-state index in [2.05, 4.69) is 106 Å². The zero-order chi connectivity index (χ0) is 58.5. The molecule has 81 heavy (non-hydrogen) atoms. The molecular weight excluding hydrogens is 997 g/mol. The number of hydrogen-bond acceptors (Lipinski definition) is 6. The molecule has 0 aromatic carbocycles. The normalized spacial score (nSPS) is 12.6. The number of esters is 3. The monoisotopic (exact) mass is 1130 g/mol.